The summed E-state index contributed by atoms with van der Waals surface area (Å²) in [7, 11) is 0. The molecule has 0 radical (unpaired) electrons. The summed E-state index contributed by atoms with van der Waals surface area (Å²) in [5.41, 5.74) is 0. The second kappa shape index (κ2) is 7.31. The van der Waals surface area contributed by atoms with Gasteiger partial charge >= 0.3 is 6.03 Å². The fraction of sp³-hybridized carbons (Fsp3) is 0.467. The van der Waals surface area contributed by atoms with Crippen LogP contribution in [0.15, 0.2) is 36.2 Å². The molecule has 118 valence electrons. The highest BCUT2D eigenvalue weighted by atomic mass is 32.1. The Morgan fingerprint density at radius 2 is 2.27 bits per heavy atom. The molecule has 2 N–H and O–H groups in total. The molecule has 0 saturated carbocycles. The maximum Gasteiger partial charge on any atom is 0.315 e. The molecule has 1 aliphatic rings. The van der Waals surface area contributed by atoms with Gasteiger partial charge in [0.1, 0.15) is 0 Å². The second-order valence-electron chi connectivity index (χ2n) is 5.41. The zero-order chi connectivity index (χ0) is 15.2. The first kappa shape index (κ1) is 14.9. The molecule has 0 aliphatic carbocycles. The average Bonchev–Trinajstić information content (AvgIpc) is 3.21. The Labute approximate surface area is 134 Å². The third-order valence-corrected chi connectivity index (χ3v) is 4.79. The minimum absolute atomic E-state index is 0.0744. The minimum Gasteiger partial charge on any atom is -0.363 e. The van der Waals surface area contributed by atoms with Gasteiger partial charge in [-0.05, 0) is 30.4 Å². The molecule has 0 unspecified atom stereocenters. The molecule has 0 spiro atoms. The molecule has 2 amide bonds. The molecule has 3 rings (SSSR count). The molecule has 1 saturated heterocycles. The Kier molecular flexibility index (Phi) is 4.95. The van der Waals surface area contributed by atoms with Crippen LogP contribution < -0.4 is 15.5 Å². The summed E-state index contributed by atoms with van der Waals surface area (Å²) < 4.78 is 1.94. The molecule has 6 nitrogen and oxygen atoms in total. The van der Waals surface area contributed by atoms with Crippen LogP contribution >= 0.6 is 11.3 Å². The lowest BCUT2D eigenvalue weighted by Crippen LogP contribution is -2.48. The van der Waals surface area contributed by atoms with Crippen LogP contribution in [-0.4, -0.2) is 41.3 Å². The number of amides is 2. The van der Waals surface area contributed by atoms with E-state index < -0.39 is 0 Å². The highest BCUT2D eigenvalue weighted by Gasteiger charge is 2.21. The van der Waals surface area contributed by atoms with Gasteiger partial charge in [-0.3, -0.25) is 0 Å². The number of nitrogens with zero attached hydrogens (tertiary/aromatic N) is 3. The number of imidazole rings is 1. The number of hydrogen-bond acceptors (Lipinski definition) is 4. The van der Waals surface area contributed by atoms with Crippen molar-refractivity contribution in [3.05, 3.63) is 36.2 Å². The van der Waals surface area contributed by atoms with Crippen LogP contribution in [0.25, 0.3) is 0 Å². The number of piperidine rings is 1. The summed E-state index contributed by atoms with van der Waals surface area (Å²) >= 11 is 1.77. The zero-order valence-electron chi connectivity index (χ0n) is 12.4. The maximum atomic E-state index is 11.9. The van der Waals surface area contributed by atoms with Gasteiger partial charge in [-0.1, -0.05) is 0 Å². The van der Waals surface area contributed by atoms with Crippen LogP contribution in [0, 0.1) is 0 Å². The number of urea groups is 1. The van der Waals surface area contributed by atoms with Crippen LogP contribution in [-0.2, 0) is 6.54 Å². The highest BCUT2D eigenvalue weighted by molar-refractivity contribution is 7.14. The summed E-state index contributed by atoms with van der Waals surface area (Å²) in [4.78, 5) is 18.3. The van der Waals surface area contributed by atoms with Gasteiger partial charge in [0.2, 0.25) is 0 Å². The molecule has 7 heteroatoms. The lowest BCUT2D eigenvalue weighted by molar-refractivity contribution is 0.234. The third kappa shape index (κ3) is 4.00. The van der Waals surface area contributed by atoms with E-state index in [2.05, 4.69) is 38.0 Å². The quantitative estimate of drug-likeness (QED) is 0.885. The molecule has 2 aromatic heterocycles. The number of anilines is 1. The largest absolute Gasteiger partial charge is 0.363 e. The van der Waals surface area contributed by atoms with E-state index in [-0.39, 0.29) is 12.1 Å². The number of carbonyl (C=O) groups excluding carboxylic acids is 1. The van der Waals surface area contributed by atoms with Gasteiger partial charge in [-0.25, -0.2) is 9.78 Å². The SMILES string of the molecule is O=C(NCCn1ccnc1)NC1CCN(c2cccs2)CC1. The number of nitrogens with one attached hydrogen (secondary N) is 2. The topological polar surface area (TPSA) is 62.2 Å². The first-order valence-corrected chi connectivity index (χ1v) is 8.48. The molecular weight excluding hydrogens is 298 g/mol. The van der Waals surface area contributed by atoms with Gasteiger partial charge in [0.05, 0.1) is 11.3 Å². The van der Waals surface area contributed by atoms with E-state index in [1.54, 1.807) is 23.9 Å². The van der Waals surface area contributed by atoms with E-state index in [0.29, 0.717) is 6.54 Å². The van der Waals surface area contributed by atoms with Crippen molar-refractivity contribution in [1.82, 2.24) is 20.2 Å². The van der Waals surface area contributed by atoms with Crippen molar-refractivity contribution in [2.45, 2.75) is 25.4 Å². The van der Waals surface area contributed by atoms with Crippen molar-refractivity contribution in [3.8, 4) is 0 Å². The lowest BCUT2D eigenvalue weighted by atomic mass is 10.1. The van der Waals surface area contributed by atoms with Crippen molar-refractivity contribution in [2.24, 2.45) is 0 Å². The summed E-state index contributed by atoms with van der Waals surface area (Å²) in [5, 5.41) is 9.39. The number of hydrogen-bond donors (Lipinski definition) is 2. The van der Waals surface area contributed by atoms with E-state index >= 15 is 0 Å². The van der Waals surface area contributed by atoms with Crippen LogP contribution in [0.4, 0.5) is 9.80 Å². The van der Waals surface area contributed by atoms with Gasteiger partial charge in [-0.2, -0.15) is 0 Å². The van der Waals surface area contributed by atoms with Crippen LogP contribution in [0.1, 0.15) is 12.8 Å². The van der Waals surface area contributed by atoms with Crippen LogP contribution in [0.5, 0.6) is 0 Å². The van der Waals surface area contributed by atoms with E-state index in [1.807, 2.05) is 10.8 Å². The van der Waals surface area contributed by atoms with Crippen LogP contribution in [0.3, 0.4) is 0 Å². The third-order valence-electron chi connectivity index (χ3n) is 3.86. The Hall–Kier alpha value is -2.02. The molecular formula is C15H21N5OS. The van der Waals surface area contributed by atoms with Crippen molar-refractivity contribution in [3.63, 3.8) is 0 Å². The van der Waals surface area contributed by atoms with E-state index in [4.69, 9.17) is 0 Å². The van der Waals surface area contributed by atoms with E-state index in [1.165, 1.54) is 5.00 Å². The van der Waals surface area contributed by atoms with Gasteiger partial charge in [-0.15, -0.1) is 11.3 Å². The summed E-state index contributed by atoms with van der Waals surface area (Å²) in [6, 6.07) is 4.43. The van der Waals surface area contributed by atoms with Crippen molar-refractivity contribution in [1.29, 1.82) is 0 Å². The number of thiophene rings is 1. The molecule has 2 aromatic rings. The smallest absolute Gasteiger partial charge is 0.315 e. The first-order valence-electron chi connectivity index (χ1n) is 7.60. The Morgan fingerprint density at radius 1 is 1.41 bits per heavy atom. The lowest BCUT2D eigenvalue weighted by Gasteiger charge is -2.32. The zero-order valence-corrected chi connectivity index (χ0v) is 13.3. The van der Waals surface area contributed by atoms with Gasteiger partial charge in [0.15, 0.2) is 0 Å². The molecule has 0 atom stereocenters. The normalized spacial score (nSPS) is 15.7. The van der Waals surface area contributed by atoms with Gasteiger partial charge < -0.3 is 20.1 Å². The van der Waals surface area contributed by atoms with E-state index in [0.717, 1.165) is 32.5 Å². The second-order valence-corrected chi connectivity index (χ2v) is 6.34. The highest BCUT2D eigenvalue weighted by Crippen LogP contribution is 2.24. The Morgan fingerprint density at radius 3 is 2.95 bits per heavy atom. The molecule has 1 fully saturated rings. The number of rotatable bonds is 5. The summed E-state index contributed by atoms with van der Waals surface area (Å²) in [5.74, 6) is 0. The molecule has 0 bridgehead atoms. The van der Waals surface area contributed by atoms with Crippen molar-refractivity contribution < 1.29 is 4.79 Å². The average molecular weight is 319 g/mol. The molecule has 0 aromatic carbocycles. The number of carbonyl (C=O) groups is 1. The fourth-order valence-corrected chi connectivity index (χ4v) is 3.43. The van der Waals surface area contributed by atoms with Crippen molar-refractivity contribution in [2.75, 3.05) is 24.5 Å². The van der Waals surface area contributed by atoms with Crippen molar-refractivity contribution >= 4 is 22.4 Å². The molecule has 3 heterocycles. The Bertz CT molecular complexity index is 561. The van der Waals surface area contributed by atoms with E-state index in [9.17, 15) is 4.79 Å². The molecule has 22 heavy (non-hydrogen) atoms. The monoisotopic (exact) mass is 319 g/mol. The predicted molar refractivity (Wildman–Crippen MR) is 88.3 cm³/mol. The fourth-order valence-electron chi connectivity index (χ4n) is 2.65. The van der Waals surface area contributed by atoms with Gasteiger partial charge in [0, 0.05) is 44.6 Å². The van der Waals surface area contributed by atoms with Crippen LogP contribution in [0.2, 0.25) is 0 Å². The summed E-state index contributed by atoms with van der Waals surface area (Å²) in [6.45, 7) is 3.35. The minimum atomic E-state index is -0.0744. The predicted octanol–water partition coefficient (Wildman–Crippen LogP) is 1.91. The van der Waals surface area contributed by atoms with Gasteiger partial charge in [0.25, 0.3) is 0 Å². The number of aromatic nitrogens is 2. The standard InChI is InChI=1S/C15H21N5OS/c21-15(17-6-10-19-9-5-16-12-19)18-13-3-7-20(8-4-13)14-2-1-11-22-14/h1-2,5,9,11-13H,3-4,6-8,10H2,(H2,17,18,21). The first-order chi connectivity index (χ1) is 10.8. The summed E-state index contributed by atoms with van der Waals surface area (Å²) in [6.07, 6.45) is 7.36. The molecule has 1 aliphatic heterocycles. The Balaban J connectivity index is 1.34. The maximum absolute atomic E-state index is 11.9.